The van der Waals surface area contributed by atoms with Crippen LogP contribution in [-0.2, 0) is 4.74 Å². The Morgan fingerprint density at radius 2 is 2.17 bits per heavy atom. The van der Waals surface area contributed by atoms with Crippen molar-refractivity contribution < 1.29 is 14.6 Å². The van der Waals surface area contributed by atoms with Crippen molar-refractivity contribution in [2.24, 2.45) is 0 Å². The van der Waals surface area contributed by atoms with Gasteiger partial charge in [0, 0.05) is 19.3 Å². The second kappa shape index (κ2) is 5.76. The number of hydrogen-bond acceptors (Lipinski definition) is 4. The summed E-state index contributed by atoms with van der Waals surface area (Å²) >= 11 is 0. The van der Waals surface area contributed by atoms with Gasteiger partial charge in [0.25, 0.3) is 11.5 Å². The van der Waals surface area contributed by atoms with Gasteiger partial charge in [-0.25, -0.2) is 0 Å². The third-order valence-corrected chi connectivity index (χ3v) is 5.55. The monoisotopic (exact) mass is 320 g/mol. The van der Waals surface area contributed by atoms with Gasteiger partial charge in [-0.05, 0) is 51.2 Å². The van der Waals surface area contributed by atoms with E-state index in [0.717, 1.165) is 24.1 Å². The van der Waals surface area contributed by atoms with E-state index in [0.29, 0.717) is 19.4 Å². The Hall–Kier alpha value is -1.66. The fraction of sp³-hybridized carbons (Fsp3) is 0.647. The maximum Gasteiger partial charge on any atom is 0.261 e. The molecule has 126 valence electrons. The molecule has 3 atom stereocenters. The predicted molar refractivity (Wildman–Crippen MR) is 85.6 cm³/mol. The predicted octanol–water partition coefficient (Wildman–Crippen LogP) is 1.14. The number of aryl methyl sites for hydroxylation is 2. The Morgan fingerprint density at radius 1 is 1.43 bits per heavy atom. The molecular weight excluding hydrogens is 296 g/mol. The zero-order chi connectivity index (χ0) is 16.8. The highest BCUT2D eigenvalue weighted by atomic mass is 16.5. The topological polar surface area (TPSA) is 82.6 Å². The minimum absolute atomic E-state index is 0.167. The van der Waals surface area contributed by atoms with E-state index >= 15 is 0 Å². The fourth-order valence-corrected chi connectivity index (χ4v) is 3.96. The van der Waals surface area contributed by atoms with Gasteiger partial charge in [-0.2, -0.15) is 0 Å². The summed E-state index contributed by atoms with van der Waals surface area (Å²) in [7, 11) is 1.67. The summed E-state index contributed by atoms with van der Waals surface area (Å²) in [6.07, 6.45) is 2.26. The van der Waals surface area contributed by atoms with Gasteiger partial charge in [0.2, 0.25) is 0 Å². The highest BCUT2D eigenvalue weighted by Gasteiger charge is 2.52. The molecule has 2 fully saturated rings. The minimum atomic E-state index is -0.422. The van der Waals surface area contributed by atoms with Crippen molar-refractivity contribution in [3.05, 3.63) is 33.2 Å². The molecule has 1 aliphatic heterocycles. The summed E-state index contributed by atoms with van der Waals surface area (Å²) in [6, 6.07) is 1.48. The van der Waals surface area contributed by atoms with Crippen LogP contribution in [0.5, 0.6) is 0 Å². The SMILES string of the molecule is CO[C@@]12CC[C@H](O)C[C@@H]1N(C(=O)c1cc(C)c(C)[nH]c1=O)CC2. The first-order valence-electron chi connectivity index (χ1n) is 8.12. The lowest BCUT2D eigenvalue weighted by molar-refractivity contribution is -0.0824. The van der Waals surface area contributed by atoms with Gasteiger partial charge < -0.3 is 19.7 Å². The highest BCUT2D eigenvalue weighted by Crippen LogP contribution is 2.42. The standard InChI is InChI=1S/C17H24N2O4/c1-10-8-13(15(21)18-11(10)2)16(22)19-7-6-17(23-3)5-4-12(20)9-14(17)19/h8,12,14,20H,4-7,9H2,1-3H3,(H,18,21)/t12-,14-,17+/m0/s1. The van der Waals surface area contributed by atoms with E-state index in [1.807, 2.05) is 13.8 Å². The zero-order valence-corrected chi connectivity index (χ0v) is 13.9. The van der Waals surface area contributed by atoms with Gasteiger partial charge in [0.1, 0.15) is 5.56 Å². The first-order chi connectivity index (χ1) is 10.9. The number of rotatable bonds is 2. The number of carbonyl (C=O) groups excluding carboxylic acids is 1. The second-order valence-corrected chi connectivity index (χ2v) is 6.78. The van der Waals surface area contributed by atoms with Crippen molar-refractivity contribution >= 4 is 5.91 Å². The molecular formula is C17H24N2O4. The number of ether oxygens (including phenoxy) is 1. The number of nitrogens with zero attached hydrogens (tertiary/aromatic N) is 1. The van der Waals surface area contributed by atoms with Crippen molar-refractivity contribution in [1.29, 1.82) is 0 Å². The number of likely N-dealkylation sites (tertiary alicyclic amines) is 1. The van der Waals surface area contributed by atoms with Crippen LogP contribution in [0.3, 0.4) is 0 Å². The molecule has 1 aliphatic carbocycles. The number of methoxy groups -OCH3 is 1. The van der Waals surface area contributed by atoms with Crippen LogP contribution in [0.1, 0.15) is 47.3 Å². The van der Waals surface area contributed by atoms with Crippen LogP contribution >= 0.6 is 0 Å². The van der Waals surface area contributed by atoms with E-state index in [1.165, 1.54) is 0 Å². The molecule has 3 rings (SSSR count). The molecule has 2 aliphatic rings. The number of aromatic nitrogens is 1. The van der Waals surface area contributed by atoms with Gasteiger partial charge >= 0.3 is 0 Å². The maximum atomic E-state index is 12.9. The molecule has 2 heterocycles. The molecule has 1 aromatic rings. The van der Waals surface area contributed by atoms with Crippen molar-refractivity contribution in [3.8, 4) is 0 Å². The minimum Gasteiger partial charge on any atom is -0.393 e. The molecule has 1 amide bonds. The summed E-state index contributed by atoms with van der Waals surface area (Å²) in [5.41, 5.74) is 1.08. The van der Waals surface area contributed by atoms with Crippen molar-refractivity contribution in [2.45, 2.75) is 57.3 Å². The summed E-state index contributed by atoms with van der Waals surface area (Å²) in [4.78, 5) is 29.5. The Labute approximate surface area is 135 Å². The van der Waals surface area contributed by atoms with E-state index in [1.54, 1.807) is 18.1 Å². The zero-order valence-electron chi connectivity index (χ0n) is 13.9. The highest BCUT2D eigenvalue weighted by molar-refractivity contribution is 5.94. The normalized spacial score (nSPS) is 30.3. The number of pyridine rings is 1. The van der Waals surface area contributed by atoms with Crippen molar-refractivity contribution in [2.75, 3.05) is 13.7 Å². The van der Waals surface area contributed by atoms with Crippen LogP contribution in [-0.4, -0.2) is 52.3 Å². The molecule has 0 bridgehead atoms. The Kier molecular flexibility index (Phi) is 4.06. The lowest BCUT2D eigenvalue weighted by atomic mass is 9.79. The van der Waals surface area contributed by atoms with Crippen molar-refractivity contribution in [3.63, 3.8) is 0 Å². The molecule has 0 unspecified atom stereocenters. The molecule has 0 spiro atoms. The van der Waals surface area contributed by atoms with E-state index in [2.05, 4.69) is 4.98 Å². The van der Waals surface area contributed by atoms with Gasteiger partial charge in [-0.15, -0.1) is 0 Å². The lowest BCUT2D eigenvalue weighted by Crippen LogP contribution is -2.53. The molecule has 1 aromatic heterocycles. The summed E-state index contributed by atoms with van der Waals surface area (Å²) < 4.78 is 5.75. The number of carbonyl (C=O) groups is 1. The molecule has 0 radical (unpaired) electrons. The van der Waals surface area contributed by atoms with Gasteiger partial charge in [0.05, 0.1) is 17.7 Å². The van der Waals surface area contributed by atoms with Crippen LogP contribution in [0.15, 0.2) is 10.9 Å². The van der Waals surface area contributed by atoms with Crippen LogP contribution in [0, 0.1) is 13.8 Å². The number of nitrogens with one attached hydrogen (secondary N) is 1. The molecule has 6 heteroatoms. The number of aliphatic hydroxyl groups is 1. The van der Waals surface area contributed by atoms with E-state index in [9.17, 15) is 14.7 Å². The van der Waals surface area contributed by atoms with Crippen LogP contribution < -0.4 is 5.56 Å². The summed E-state index contributed by atoms with van der Waals surface area (Å²) in [5.74, 6) is -0.271. The molecule has 0 aromatic carbocycles. The van der Waals surface area contributed by atoms with E-state index in [-0.39, 0.29) is 28.7 Å². The number of amides is 1. The van der Waals surface area contributed by atoms with E-state index < -0.39 is 6.10 Å². The van der Waals surface area contributed by atoms with Gasteiger partial charge in [-0.1, -0.05) is 0 Å². The number of aliphatic hydroxyl groups excluding tert-OH is 1. The van der Waals surface area contributed by atoms with Crippen LogP contribution in [0.4, 0.5) is 0 Å². The first-order valence-corrected chi connectivity index (χ1v) is 8.12. The molecule has 6 nitrogen and oxygen atoms in total. The first kappa shape index (κ1) is 16.2. The maximum absolute atomic E-state index is 12.9. The smallest absolute Gasteiger partial charge is 0.261 e. The Morgan fingerprint density at radius 3 is 2.87 bits per heavy atom. The summed E-state index contributed by atoms with van der Waals surface area (Å²) in [5, 5.41) is 10.0. The molecule has 23 heavy (non-hydrogen) atoms. The average Bonchev–Trinajstić information content (AvgIpc) is 2.89. The third kappa shape index (κ3) is 2.60. The Balaban J connectivity index is 1.94. The Bertz CT molecular complexity index is 684. The fourth-order valence-electron chi connectivity index (χ4n) is 3.96. The van der Waals surface area contributed by atoms with Crippen LogP contribution in [0.2, 0.25) is 0 Å². The van der Waals surface area contributed by atoms with E-state index in [4.69, 9.17) is 4.74 Å². The average molecular weight is 320 g/mol. The third-order valence-electron chi connectivity index (χ3n) is 5.55. The number of H-pyrrole nitrogens is 1. The molecule has 1 saturated heterocycles. The van der Waals surface area contributed by atoms with Gasteiger partial charge in [-0.3, -0.25) is 9.59 Å². The van der Waals surface area contributed by atoms with Crippen LogP contribution in [0.25, 0.3) is 0 Å². The number of aromatic amines is 1. The number of hydrogen-bond donors (Lipinski definition) is 2. The number of fused-ring (bicyclic) bond motifs is 1. The van der Waals surface area contributed by atoms with Crippen molar-refractivity contribution in [1.82, 2.24) is 9.88 Å². The second-order valence-electron chi connectivity index (χ2n) is 6.78. The quantitative estimate of drug-likeness (QED) is 0.856. The molecule has 1 saturated carbocycles. The largest absolute Gasteiger partial charge is 0.393 e. The lowest BCUT2D eigenvalue weighted by Gasteiger charge is -2.42. The van der Waals surface area contributed by atoms with Gasteiger partial charge in [0.15, 0.2) is 0 Å². The summed E-state index contributed by atoms with van der Waals surface area (Å²) in [6.45, 7) is 4.24. The molecule has 2 N–H and O–H groups in total.